The van der Waals surface area contributed by atoms with E-state index in [9.17, 15) is 0 Å². The summed E-state index contributed by atoms with van der Waals surface area (Å²) in [7, 11) is 0. The molecule has 21 heavy (non-hydrogen) atoms. The summed E-state index contributed by atoms with van der Waals surface area (Å²) in [5.74, 6) is 1.68. The predicted molar refractivity (Wildman–Crippen MR) is 89.6 cm³/mol. The zero-order valence-corrected chi connectivity index (χ0v) is 14.3. The summed E-state index contributed by atoms with van der Waals surface area (Å²) >= 11 is 5.40. The topological polar surface area (TPSA) is 30.5 Å². The van der Waals surface area contributed by atoms with E-state index in [0.29, 0.717) is 13.2 Å². The van der Waals surface area contributed by atoms with Crippen LogP contribution in [0.4, 0.5) is 0 Å². The second kappa shape index (κ2) is 6.81. The maximum atomic E-state index is 5.71. The van der Waals surface area contributed by atoms with E-state index in [1.54, 1.807) is 11.3 Å². The second-order valence-corrected chi connectivity index (χ2v) is 6.73. The average Bonchev–Trinajstić information content (AvgIpc) is 2.94. The molecule has 1 aromatic carbocycles. The van der Waals surface area contributed by atoms with Gasteiger partial charge in [0.15, 0.2) is 11.5 Å². The first kappa shape index (κ1) is 14.9. The van der Waals surface area contributed by atoms with Gasteiger partial charge in [-0.2, -0.15) is 0 Å². The minimum atomic E-state index is 0.176. The molecule has 5 heteroatoms. The molecule has 0 bridgehead atoms. The summed E-state index contributed by atoms with van der Waals surface area (Å²) in [6, 6.07) is 8.49. The first-order valence-corrected chi connectivity index (χ1v) is 8.82. The van der Waals surface area contributed by atoms with Crippen LogP contribution in [0.25, 0.3) is 0 Å². The molecule has 1 N–H and O–H groups in total. The number of benzene rings is 1. The van der Waals surface area contributed by atoms with Gasteiger partial charge in [-0.25, -0.2) is 0 Å². The van der Waals surface area contributed by atoms with Gasteiger partial charge in [-0.05, 0) is 58.0 Å². The largest absolute Gasteiger partial charge is 0.486 e. The van der Waals surface area contributed by atoms with Gasteiger partial charge >= 0.3 is 0 Å². The highest BCUT2D eigenvalue weighted by atomic mass is 79.9. The van der Waals surface area contributed by atoms with Crippen molar-refractivity contribution in [1.29, 1.82) is 0 Å². The highest BCUT2D eigenvalue weighted by molar-refractivity contribution is 9.10. The van der Waals surface area contributed by atoms with Crippen LogP contribution >= 0.6 is 27.3 Å². The van der Waals surface area contributed by atoms with E-state index in [4.69, 9.17) is 9.47 Å². The number of rotatable bonds is 5. The van der Waals surface area contributed by atoms with E-state index in [2.05, 4.69) is 51.7 Å². The lowest BCUT2D eigenvalue weighted by atomic mass is 10.0. The van der Waals surface area contributed by atoms with Crippen molar-refractivity contribution in [1.82, 2.24) is 5.32 Å². The predicted octanol–water partition coefficient (Wildman–Crippen LogP) is 4.37. The van der Waals surface area contributed by atoms with Crippen LogP contribution in [0.1, 0.15) is 29.8 Å². The van der Waals surface area contributed by atoms with Crippen molar-refractivity contribution in [2.24, 2.45) is 0 Å². The van der Waals surface area contributed by atoms with Gasteiger partial charge in [0, 0.05) is 9.35 Å². The van der Waals surface area contributed by atoms with E-state index >= 15 is 0 Å². The van der Waals surface area contributed by atoms with E-state index in [-0.39, 0.29) is 6.04 Å². The lowest BCUT2D eigenvalue weighted by molar-refractivity contribution is 0.171. The molecule has 0 saturated heterocycles. The minimum Gasteiger partial charge on any atom is -0.486 e. The number of thiophene rings is 1. The maximum Gasteiger partial charge on any atom is 0.161 e. The molecule has 0 spiro atoms. The number of fused-ring (bicyclic) bond motifs is 1. The Balaban J connectivity index is 1.94. The first-order chi connectivity index (χ1) is 10.3. The zero-order chi connectivity index (χ0) is 14.7. The van der Waals surface area contributed by atoms with Gasteiger partial charge in [0.25, 0.3) is 0 Å². The smallest absolute Gasteiger partial charge is 0.161 e. The molecule has 0 fully saturated rings. The highest BCUT2D eigenvalue weighted by Crippen LogP contribution is 2.37. The number of hydrogen-bond acceptors (Lipinski definition) is 4. The number of ether oxygens (including phenoxy) is 2. The Morgan fingerprint density at radius 2 is 2.05 bits per heavy atom. The van der Waals surface area contributed by atoms with Crippen LogP contribution in [0, 0.1) is 0 Å². The fourth-order valence-corrected chi connectivity index (χ4v) is 4.10. The van der Waals surface area contributed by atoms with Crippen molar-refractivity contribution >= 4 is 27.3 Å². The van der Waals surface area contributed by atoms with Crippen molar-refractivity contribution in [2.75, 3.05) is 19.8 Å². The summed E-state index contributed by atoms with van der Waals surface area (Å²) in [5, 5.41) is 5.73. The lowest BCUT2D eigenvalue weighted by Crippen LogP contribution is -2.23. The van der Waals surface area contributed by atoms with Crippen LogP contribution in [0.5, 0.6) is 11.5 Å². The van der Waals surface area contributed by atoms with Gasteiger partial charge in [-0.3, -0.25) is 0 Å². The molecule has 1 aliphatic rings. The van der Waals surface area contributed by atoms with Crippen molar-refractivity contribution in [2.45, 2.75) is 19.4 Å². The molecule has 1 atom stereocenters. The summed E-state index contributed by atoms with van der Waals surface area (Å²) < 4.78 is 12.5. The van der Waals surface area contributed by atoms with Gasteiger partial charge in [-0.1, -0.05) is 13.0 Å². The summed E-state index contributed by atoms with van der Waals surface area (Å²) in [4.78, 5) is 1.29. The molecule has 1 aliphatic heterocycles. The normalized spacial score (nSPS) is 15.0. The molecule has 3 rings (SSSR count). The van der Waals surface area contributed by atoms with Crippen LogP contribution < -0.4 is 14.8 Å². The first-order valence-electron chi connectivity index (χ1n) is 7.15. The average molecular weight is 368 g/mol. The Morgan fingerprint density at radius 1 is 1.24 bits per heavy atom. The maximum absolute atomic E-state index is 5.71. The van der Waals surface area contributed by atoms with Gasteiger partial charge in [0.1, 0.15) is 13.2 Å². The molecular weight excluding hydrogens is 350 g/mol. The quantitative estimate of drug-likeness (QED) is 0.850. The van der Waals surface area contributed by atoms with Crippen molar-refractivity contribution < 1.29 is 9.47 Å². The molecule has 3 nitrogen and oxygen atoms in total. The lowest BCUT2D eigenvalue weighted by Gasteiger charge is -2.23. The number of hydrogen-bond donors (Lipinski definition) is 1. The summed E-state index contributed by atoms with van der Waals surface area (Å²) in [6.07, 6.45) is 1.10. The summed E-state index contributed by atoms with van der Waals surface area (Å²) in [5.41, 5.74) is 1.20. The van der Waals surface area contributed by atoms with Gasteiger partial charge < -0.3 is 14.8 Å². The van der Waals surface area contributed by atoms with Gasteiger partial charge in [0.2, 0.25) is 0 Å². The van der Waals surface area contributed by atoms with Crippen molar-refractivity contribution in [3.63, 3.8) is 0 Å². The molecule has 0 aliphatic carbocycles. The van der Waals surface area contributed by atoms with Crippen molar-refractivity contribution in [3.05, 3.63) is 44.6 Å². The molecule has 1 aromatic heterocycles. The molecule has 112 valence electrons. The SMILES string of the molecule is CCCNC(c1ccc2c(c1)OCCO2)c1sccc1Br. The monoisotopic (exact) mass is 367 g/mol. The molecule has 0 saturated carbocycles. The Morgan fingerprint density at radius 3 is 2.76 bits per heavy atom. The third kappa shape index (κ3) is 3.25. The fraction of sp³-hybridized carbons (Fsp3) is 0.375. The van der Waals surface area contributed by atoms with E-state index in [1.165, 1.54) is 10.4 Å². The van der Waals surface area contributed by atoms with E-state index in [0.717, 1.165) is 28.9 Å². The molecular formula is C16H18BrNO2S. The third-order valence-electron chi connectivity index (χ3n) is 3.40. The molecule has 1 unspecified atom stereocenters. The summed E-state index contributed by atoms with van der Waals surface area (Å²) in [6.45, 7) is 4.40. The highest BCUT2D eigenvalue weighted by Gasteiger charge is 2.20. The van der Waals surface area contributed by atoms with Gasteiger partial charge in [-0.15, -0.1) is 11.3 Å². The minimum absolute atomic E-state index is 0.176. The zero-order valence-electron chi connectivity index (χ0n) is 11.9. The van der Waals surface area contributed by atoms with Gasteiger partial charge in [0.05, 0.1) is 6.04 Å². The standard InChI is InChI=1S/C16H18BrNO2S/c1-2-6-18-15(16-12(17)5-9-21-16)11-3-4-13-14(10-11)20-8-7-19-13/h3-5,9-10,15,18H,2,6-8H2,1H3. The van der Waals surface area contributed by atoms with Crippen LogP contribution in [0.3, 0.4) is 0 Å². The molecule has 0 amide bonds. The Bertz CT molecular complexity index is 614. The number of nitrogens with one attached hydrogen (secondary N) is 1. The van der Waals surface area contributed by atoms with Crippen LogP contribution in [-0.2, 0) is 0 Å². The van der Waals surface area contributed by atoms with E-state index in [1.807, 2.05) is 6.07 Å². The Hall–Kier alpha value is -1.04. The Labute approximate surface area is 137 Å². The second-order valence-electron chi connectivity index (χ2n) is 4.92. The molecule has 2 aromatic rings. The van der Waals surface area contributed by atoms with Crippen LogP contribution in [0.15, 0.2) is 34.1 Å². The van der Waals surface area contributed by atoms with Crippen molar-refractivity contribution in [3.8, 4) is 11.5 Å². The molecule has 0 radical (unpaired) electrons. The van der Waals surface area contributed by atoms with Crippen LogP contribution in [-0.4, -0.2) is 19.8 Å². The Kier molecular flexibility index (Phi) is 4.83. The molecule has 2 heterocycles. The van der Waals surface area contributed by atoms with E-state index < -0.39 is 0 Å². The van der Waals surface area contributed by atoms with Crippen LogP contribution in [0.2, 0.25) is 0 Å². The fourth-order valence-electron chi connectivity index (χ4n) is 2.40. The third-order valence-corrected chi connectivity index (χ3v) is 5.34. The number of halogens is 1.